The van der Waals surface area contributed by atoms with Crippen molar-refractivity contribution in [3.63, 3.8) is 0 Å². The molecule has 1 aliphatic rings. The molecule has 1 aliphatic heterocycles. The molecule has 9 heteroatoms. The van der Waals surface area contributed by atoms with Crippen LogP contribution < -0.4 is 16.6 Å². The average Bonchev–Trinajstić information content (AvgIpc) is 3.37. The number of nitrogens with one attached hydrogen (secondary N) is 1. The molecule has 0 saturated carbocycles. The molecule has 4 rings (SSSR count). The second kappa shape index (κ2) is 10.7. The molecule has 2 heterocycles. The van der Waals surface area contributed by atoms with E-state index in [1.807, 2.05) is 31.2 Å². The third-order valence-corrected chi connectivity index (χ3v) is 6.06. The highest BCUT2D eigenvalue weighted by molar-refractivity contribution is 5.97. The molecule has 0 bridgehead atoms. The number of rotatable bonds is 8. The fourth-order valence-corrected chi connectivity index (χ4v) is 4.19. The first-order valence-corrected chi connectivity index (χ1v) is 11.8. The van der Waals surface area contributed by atoms with Crippen LogP contribution in [0.3, 0.4) is 0 Å². The molecule has 1 aromatic heterocycles. The van der Waals surface area contributed by atoms with Gasteiger partial charge in [-0.2, -0.15) is 0 Å². The van der Waals surface area contributed by atoms with Gasteiger partial charge in [-0.05, 0) is 50.5 Å². The lowest BCUT2D eigenvalue weighted by molar-refractivity contribution is -0.143. The summed E-state index contributed by atoms with van der Waals surface area (Å²) in [5.74, 6) is -0.960. The van der Waals surface area contributed by atoms with Gasteiger partial charge in [0.05, 0.1) is 30.2 Å². The number of hydrogen-bond acceptors (Lipinski definition) is 6. The molecule has 3 aromatic rings. The normalized spacial score (nSPS) is 15.3. The smallest absolute Gasteiger partial charge is 0.332 e. The fraction of sp³-hybridized carbons (Fsp3) is 0.385. The molecule has 0 spiro atoms. The van der Waals surface area contributed by atoms with E-state index in [-0.39, 0.29) is 48.2 Å². The predicted octanol–water partition coefficient (Wildman–Crippen LogP) is 2.14. The van der Waals surface area contributed by atoms with Crippen molar-refractivity contribution in [2.75, 3.05) is 13.2 Å². The van der Waals surface area contributed by atoms with E-state index in [0.717, 1.165) is 28.5 Å². The largest absolute Gasteiger partial charge is 0.465 e. The van der Waals surface area contributed by atoms with Gasteiger partial charge in [0, 0.05) is 18.7 Å². The number of aromatic nitrogens is 2. The molecule has 0 unspecified atom stereocenters. The van der Waals surface area contributed by atoms with Gasteiger partial charge < -0.3 is 14.8 Å². The molecule has 0 aliphatic carbocycles. The molecule has 184 valence electrons. The molecule has 1 saturated heterocycles. The summed E-state index contributed by atoms with van der Waals surface area (Å²) in [5.41, 5.74) is 1.44. The lowest BCUT2D eigenvalue weighted by Crippen LogP contribution is -2.43. The second-order valence-electron chi connectivity index (χ2n) is 8.62. The first-order valence-electron chi connectivity index (χ1n) is 11.8. The Hall–Kier alpha value is -3.72. The molecule has 1 atom stereocenters. The third kappa shape index (κ3) is 5.51. The molecule has 2 aromatic carbocycles. The minimum absolute atomic E-state index is 0.106. The van der Waals surface area contributed by atoms with Crippen LogP contribution >= 0.6 is 0 Å². The van der Waals surface area contributed by atoms with Crippen molar-refractivity contribution in [2.24, 2.45) is 0 Å². The van der Waals surface area contributed by atoms with Crippen molar-refractivity contribution in [1.29, 1.82) is 0 Å². The summed E-state index contributed by atoms with van der Waals surface area (Å²) in [6, 6.07) is 12.3. The average molecular weight is 480 g/mol. The van der Waals surface area contributed by atoms with Crippen LogP contribution in [0.2, 0.25) is 0 Å². The van der Waals surface area contributed by atoms with Crippen molar-refractivity contribution in [1.82, 2.24) is 14.5 Å². The summed E-state index contributed by atoms with van der Waals surface area (Å²) >= 11 is 0. The van der Waals surface area contributed by atoms with E-state index in [4.69, 9.17) is 9.47 Å². The number of amides is 1. The van der Waals surface area contributed by atoms with Gasteiger partial charge in [-0.25, -0.2) is 4.79 Å². The van der Waals surface area contributed by atoms with E-state index < -0.39 is 17.2 Å². The highest BCUT2D eigenvalue weighted by Crippen LogP contribution is 2.15. The summed E-state index contributed by atoms with van der Waals surface area (Å²) < 4.78 is 12.9. The lowest BCUT2D eigenvalue weighted by Gasteiger charge is -2.16. The highest BCUT2D eigenvalue weighted by atomic mass is 16.5. The van der Waals surface area contributed by atoms with E-state index >= 15 is 0 Å². The molecular weight excluding hydrogens is 450 g/mol. The Bertz CT molecular complexity index is 1350. The van der Waals surface area contributed by atoms with Gasteiger partial charge in [0.25, 0.3) is 11.5 Å². The summed E-state index contributed by atoms with van der Waals surface area (Å²) in [7, 11) is 0. The summed E-state index contributed by atoms with van der Waals surface area (Å²) in [4.78, 5) is 51.6. The van der Waals surface area contributed by atoms with Crippen molar-refractivity contribution >= 4 is 22.8 Å². The van der Waals surface area contributed by atoms with Gasteiger partial charge in [-0.3, -0.25) is 23.5 Å². The van der Waals surface area contributed by atoms with Crippen LogP contribution in [0.1, 0.15) is 41.3 Å². The van der Waals surface area contributed by atoms with Gasteiger partial charge in [-0.1, -0.05) is 29.8 Å². The Kier molecular flexibility index (Phi) is 7.45. The maximum Gasteiger partial charge on any atom is 0.332 e. The number of aryl methyl sites for hydroxylation is 1. The topological polar surface area (TPSA) is 109 Å². The minimum atomic E-state index is -0.636. The van der Waals surface area contributed by atoms with Crippen LogP contribution in [-0.2, 0) is 33.9 Å². The molecule has 1 N–H and O–H groups in total. The van der Waals surface area contributed by atoms with E-state index in [1.54, 1.807) is 13.0 Å². The Balaban J connectivity index is 1.70. The number of hydrogen-bond donors (Lipinski definition) is 1. The number of nitrogens with zero attached hydrogens (tertiary/aromatic N) is 2. The quantitative estimate of drug-likeness (QED) is 0.496. The Labute approximate surface area is 202 Å². The van der Waals surface area contributed by atoms with E-state index in [0.29, 0.717) is 13.2 Å². The van der Waals surface area contributed by atoms with Crippen LogP contribution in [0, 0.1) is 6.92 Å². The number of benzene rings is 2. The Morgan fingerprint density at radius 1 is 1.11 bits per heavy atom. The second-order valence-corrected chi connectivity index (χ2v) is 8.62. The van der Waals surface area contributed by atoms with Crippen LogP contribution in [0.5, 0.6) is 0 Å². The molecule has 0 radical (unpaired) electrons. The van der Waals surface area contributed by atoms with Gasteiger partial charge >= 0.3 is 11.7 Å². The number of esters is 1. The van der Waals surface area contributed by atoms with Crippen LogP contribution in [0.15, 0.2) is 52.1 Å². The van der Waals surface area contributed by atoms with Crippen molar-refractivity contribution in [3.05, 3.63) is 80.0 Å². The maximum absolute atomic E-state index is 13.3. The number of ether oxygens (including phenoxy) is 2. The van der Waals surface area contributed by atoms with Crippen molar-refractivity contribution in [2.45, 2.75) is 52.4 Å². The Morgan fingerprint density at radius 3 is 2.57 bits per heavy atom. The summed E-state index contributed by atoms with van der Waals surface area (Å²) in [6.45, 7) is 4.48. The fourth-order valence-electron chi connectivity index (χ4n) is 4.19. The van der Waals surface area contributed by atoms with Gasteiger partial charge in [0.2, 0.25) is 0 Å². The van der Waals surface area contributed by atoms with Gasteiger partial charge in [0.1, 0.15) is 6.54 Å². The van der Waals surface area contributed by atoms with Gasteiger partial charge in [-0.15, -0.1) is 0 Å². The zero-order chi connectivity index (χ0) is 24.9. The minimum Gasteiger partial charge on any atom is -0.465 e. The van der Waals surface area contributed by atoms with E-state index in [9.17, 15) is 19.2 Å². The molecule has 35 heavy (non-hydrogen) atoms. The van der Waals surface area contributed by atoms with E-state index in [2.05, 4.69) is 5.32 Å². The summed E-state index contributed by atoms with van der Waals surface area (Å²) in [6.07, 6.45) is 1.38. The zero-order valence-electron chi connectivity index (χ0n) is 19.9. The highest BCUT2D eigenvalue weighted by Gasteiger charge is 2.22. The van der Waals surface area contributed by atoms with E-state index in [1.165, 1.54) is 16.7 Å². The maximum atomic E-state index is 13.3. The van der Waals surface area contributed by atoms with Crippen LogP contribution in [0.25, 0.3) is 10.9 Å². The lowest BCUT2D eigenvalue weighted by atomic mass is 10.1. The number of carbonyl (C=O) groups excluding carboxylic acids is 2. The first-order chi connectivity index (χ1) is 16.9. The summed E-state index contributed by atoms with van der Waals surface area (Å²) in [5, 5.41) is 3.09. The first kappa shape index (κ1) is 24.4. The van der Waals surface area contributed by atoms with Crippen molar-refractivity contribution < 1.29 is 19.1 Å². The number of fused-ring (bicyclic) bond motifs is 1. The van der Waals surface area contributed by atoms with Crippen LogP contribution in [-0.4, -0.2) is 40.3 Å². The molecule has 1 fully saturated rings. The third-order valence-electron chi connectivity index (χ3n) is 6.06. The molecular formula is C26H29N3O6. The Morgan fingerprint density at radius 2 is 1.89 bits per heavy atom. The molecule has 9 nitrogen and oxygen atoms in total. The zero-order valence-corrected chi connectivity index (χ0v) is 19.9. The monoisotopic (exact) mass is 479 g/mol. The SMILES string of the molecule is CCOC(=O)Cn1c(=O)n(C[C@@H]2CCCO2)c(=O)c2ccc(C(=O)NCc3ccc(C)cc3)cc21. The van der Waals surface area contributed by atoms with Gasteiger partial charge in [0.15, 0.2) is 0 Å². The standard InChI is InChI=1S/C26H29N3O6/c1-3-34-23(30)16-28-22-13-19(24(31)27-14-18-8-6-17(2)7-9-18)10-11-21(22)25(32)29(26(28)33)15-20-5-4-12-35-20/h6-11,13,20H,3-5,12,14-16H2,1-2H3,(H,27,31)/t20-/m0/s1. The van der Waals surface area contributed by atoms with Crippen molar-refractivity contribution in [3.8, 4) is 0 Å². The predicted molar refractivity (Wildman–Crippen MR) is 130 cm³/mol. The molecule has 1 amide bonds. The van der Waals surface area contributed by atoms with Crippen LogP contribution in [0.4, 0.5) is 0 Å². The number of carbonyl (C=O) groups is 2.